The van der Waals surface area contributed by atoms with Gasteiger partial charge in [-0.3, -0.25) is 30.7 Å². The van der Waals surface area contributed by atoms with Crippen LogP contribution in [0.2, 0.25) is 0 Å². The molecule has 0 saturated carbocycles. The van der Waals surface area contributed by atoms with Gasteiger partial charge in [-0.15, -0.1) is 0 Å². The molecule has 0 aliphatic rings. The molecule has 0 spiro atoms. The topological polar surface area (TPSA) is 193 Å². The number of nitrogens with one attached hydrogen (secondary N) is 3. The van der Waals surface area contributed by atoms with Crippen molar-refractivity contribution in [3.8, 4) is 50.6 Å². The second-order valence-electron chi connectivity index (χ2n) is 13.7. The molecule has 12 nitrogen and oxygen atoms in total. The van der Waals surface area contributed by atoms with E-state index in [-0.39, 0.29) is 36.5 Å². The highest BCUT2D eigenvalue weighted by Crippen LogP contribution is 2.38. The Morgan fingerprint density at radius 1 is 0.350 bits per heavy atom. The summed E-state index contributed by atoms with van der Waals surface area (Å²) < 4.78 is 18.7. The Labute approximate surface area is 346 Å². The average molecular weight is 799 g/mol. The first-order valence-electron chi connectivity index (χ1n) is 18.9. The van der Waals surface area contributed by atoms with Gasteiger partial charge in [0.1, 0.15) is 37.1 Å². The van der Waals surface area contributed by atoms with Crippen molar-refractivity contribution in [3.05, 3.63) is 197 Å². The number of carbonyl (C=O) groups excluding carboxylic acids is 3. The van der Waals surface area contributed by atoms with Crippen molar-refractivity contribution >= 4 is 17.7 Å². The molecule has 0 atom stereocenters. The fourth-order valence-electron chi connectivity index (χ4n) is 6.59. The summed E-state index contributed by atoms with van der Waals surface area (Å²) in [5, 5.41) is 0. The summed E-state index contributed by atoms with van der Waals surface area (Å²) in [5.74, 6) is 16.2. The number of amides is 3. The number of rotatable bonds is 15. The van der Waals surface area contributed by atoms with Gasteiger partial charge in [0.05, 0.1) is 16.7 Å². The predicted octanol–water partition coefficient (Wildman–Crippen LogP) is 7.24. The van der Waals surface area contributed by atoms with Gasteiger partial charge in [0.25, 0.3) is 17.7 Å². The Hall–Kier alpha value is -7.77. The van der Waals surface area contributed by atoms with Gasteiger partial charge in [-0.05, 0) is 105 Å². The van der Waals surface area contributed by atoms with Crippen LogP contribution in [0.1, 0.15) is 47.8 Å². The first-order chi connectivity index (χ1) is 29.3. The second-order valence-corrected chi connectivity index (χ2v) is 13.7. The summed E-state index contributed by atoms with van der Waals surface area (Å²) in [6, 6.07) is 50.6. The fraction of sp³-hybridized carbons (Fsp3) is 0.0625. The van der Waals surface area contributed by atoms with Crippen molar-refractivity contribution in [2.45, 2.75) is 19.8 Å². The summed E-state index contributed by atoms with van der Waals surface area (Å²) in [5.41, 5.74) is 14.6. The first kappa shape index (κ1) is 40.4. The van der Waals surface area contributed by atoms with E-state index in [9.17, 15) is 14.4 Å². The minimum atomic E-state index is -0.506. The molecule has 0 aromatic heterocycles. The highest BCUT2D eigenvalue weighted by atomic mass is 16.5. The van der Waals surface area contributed by atoms with Crippen LogP contribution in [0.3, 0.4) is 0 Å². The number of benzene rings is 7. The van der Waals surface area contributed by atoms with Gasteiger partial charge in [0.2, 0.25) is 0 Å². The molecule has 0 aliphatic carbocycles. The Morgan fingerprint density at radius 2 is 0.617 bits per heavy atom. The molecular weight excluding hydrogens is 757 g/mol. The standard InChI is InChI=1S/C48H42N6O6/c49-52-46(55)40-19-16-34(25-43(40)58-28-31-10-4-1-5-11-31)37-22-38(35-17-20-41(47(56)53-50)44(26-35)59-29-32-12-6-2-7-13-32)24-39(23-37)36-18-21-42(48(57)54-51)45(27-36)60-30-33-14-8-3-9-15-33/h1-27H,28-30,49-51H2,(H,52,55)(H,53,56)(H,54,57). The molecule has 60 heavy (non-hydrogen) atoms. The molecule has 0 saturated heterocycles. The Balaban J connectivity index is 1.36. The molecule has 7 rings (SSSR count). The van der Waals surface area contributed by atoms with Crippen molar-refractivity contribution in [2.24, 2.45) is 17.5 Å². The molecule has 0 radical (unpaired) electrons. The van der Waals surface area contributed by atoms with Crippen LogP contribution in [0.15, 0.2) is 164 Å². The number of hydrogen-bond donors (Lipinski definition) is 6. The SMILES string of the molecule is NNC(=O)c1ccc(-c2cc(-c3ccc(C(=O)NN)c(OCc4ccccc4)c3)cc(-c3ccc(C(=O)NN)c(OCc4ccccc4)c3)c2)cc1OCc1ccccc1. The summed E-state index contributed by atoms with van der Waals surface area (Å²) in [7, 11) is 0. The normalized spacial score (nSPS) is 10.7. The molecule has 12 heteroatoms. The molecule has 7 aromatic carbocycles. The summed E-state index contributed by atoms with van der Waals surface area (Å²) in [6.45, 7) is 0.635. The van der Waals surface area contributed by atoms with Crippen LogP contribution in [-0.4, -0.2) is 17.7 Å². The molecule has 0 bridgehead atoms. The molecule has 0 unspecified atom stereocenters. The number of nitrogen functional groups attached to an aromatic ring is 3. The zero-order chi connectivity index (χ0) is 41.8. The minimum Gasteiger partial charge on any atom is -0.488 e. The van der Waals surface area contributed by atoms with Gasteiger partial charge in [-0.1, -0.05) is 109 Å². The smallest absolute Gasteiger partial charge is 0.268 e. The van der Waals surface area contributed by atoms with Crippen molar-refractivity contribution < 1.29 is 28.6 Å². The van der Waals surface area contributed by atoms with Crippen molar-refractivity contribution in [2.75, 3.05) is 0 Å². The molecule has 7 aromatic rings. The number of hydrogen-bond acceptors (Lipinski definition) is 9. The van der Waals surface area contributed by atoms with Crippen molar-refractivity contribution in [1.82, 2.24) is 16.3 Å². The van der Waals surface area contributed by atoms with Gasteiger partial charge in [-0.25, -0.2) is 17.5 Å². The van der Waals surface area contributed by atoms with Gasteiger partial charge in [0.15, 0.2) is 0 Å². The Bertz CT molecular complexity index is 2320. The van der Waals surface area contributed by atoms with E-state index < -0.39 is 17.7 Å². The first-order valence-corrected chi connectivity index (χ1v) is 18.9. The third kappa shape index (κ3) is 9.67. The third-order valence-electron chi connectivity index (χ3n) is 9.72. The molecule has 0 aliphatic heterocycles. The van der Waals surface area contributed by atoms with Crippen molar-refractivity contribution in [1.29, 1.82) is 0 Å². The molecular formula is C48H42N6O6. The van der Waals surface area contributed by atoms with Crippen molar-refractivity contribution in [3.63, 3.8) is 0 Å². The highest BCUT2D eigenvalue weighted by molar-refractivity contribution is 5.99. The van der Waals surface area contributed by atoms with Crippen LogP contribution in [0, 0.1) is 0 Å². The highest BCUT2D eigenvalue weighted by Gasteiger charge is 2.19. The molecule has 3 amide bonds. The van der Waals surface area contributed by atoms with Gasteiger partial charge in [-0.2, -0.15) is 0 Å². The van der Waals surface area contributed by atoms with Crippen LogP contribution in [-0.2, 0) is 19.8 Å². The van der Waals surface area contributed by atoms with Crippen LogP contribution >= 0.6 is 0 Å². The predicted molar refractivity (Wildman–Crippen MR) is 230 cm³/mol. The quantitative estimate of drug-likeness (QED) is 0.0353. The van der Waals surface area contributed by atoms with Crippen LogP contribution in [0.4, 0.5) is 0 Å². The van der Waals surface area contributed by atoms with Crippen LogP contribution in [0.5, 0.6) is 17.2 Å². The van der Waals surface area contributed by atoms with Gasteiger partial charge < -0.3 is 14.2 Å². The van der Waals surface area contributed by atoms with E-state index in [1.807, 2.05) is 127 Å². The summed E-state index contributed by atoms with van der Waals surface area (Å²) in [4.78, 5) is 38.7. The van der Waals surface area contributed by atoms with E-state index in [0.717, 1.165) is 50.1 Å². The zero-order valence-corrected chi connectivity index (χ0v) is 32.4. The number of carbonyl (C=O) groups is 3. The molecule has 300 valence electrons. The lowest BCUT2D eigenvalue weighted by atomic mass is 9.92. The number of ether oxygens (including phenoxy) is 3. The van der Waals surface area contributed by atoms with Gasteiger partial charge >= 0.3 is 0 Å². The fourth-order valence-corrected chi connectivity index (χ4v) is 6.59. The zero-order valence-electron chi connectivity index (χ0n) is 32.4. The lowest BCUT2D eigenvalue weighted by molar-refractivity contribution is 0.0941. The largest absolute Gasteiger partial charge is 0.488 e. The summed E-state index contributed by atoms with van der Waals surface area (Å²) >= 11 is 0. The maximum absolute atomic E-state index is 12.9. The second kappa shape index (κ2) is 19.1. The minimum absolute atomic E-state index is 0.212. The molecule has 0 fully saturated rings. The number of hydrazine groups is 3. The monoisotopic (exact) mass is 798 g/mol. The Morgan fingerprint density at radius 3 is 0.867 bits per heavy atom. The van der Waals surface area contributed by atoms with E-state index >= 15 is 0 Å². The van der Waals surface area contributed by atoms with Crippen LogP contribution < -0.4 is 48.0 Å². The lowest BCUT2D eigenvalue weighted by Crippen LogP contribution is -2.30. The molecule has 9 N–H and O–H groups in total. The van der Waals surface area contributed by atoms with E-state index in [4.69, 9.17) is 31.7 Å². The average Bonchev–Trinajstić information content (AvgIpc) is 3.31. The maximum Gasteiger partial charge on any atom is 0.268 e. The van der Waals surface area contributed by atoms with E-state index in [1.54, 1.807) is 36.4 Å². The lowest BCUT2D eigenvalue weighted by Gasteiger charge is -2.17. The van der Waals surface area contributed by atoms with Crippen LogP contribution in [0.25, 0.3) is 33.4 Å². The van der Waals surface area contributed by atoms with Gasteiger partial charge in [0, 0.05) is 0 Å². The Kier molecular flexibility index (Phi) is 12.9. The van der Waals surface area contributed by atoms with E-state index in [0.29, 0.717) is 17.2 Å². The van der Waals surface area contributed by atoms with E-state index in [2.05, 4.69) is 16.3 Å². The third-order valence-corrected chi connectivity index (χ3v) is 9.72. The number of nitrogens with two attached hydrogens (primary N) is 3. The molecule has 0 heterocycles. The van der Waals surface area contributed by atoms with E-state index in [1.165, 1.54) is 0 Å². The summed E-state index contributed by atoms with van der Waals surface area (Å²) in [6.07, 6.45) is 0. The maximum atomic E-state index is 12.9.